The second-order valence-electron chi connectivity index (χ2n) is 7.02. The van der Waals surface area contributed by atoms with Gasteiger partial charge in [-0.1, -0.05) is 48.5 Å². The first kappa shape index (κ1) is 18.2. The zero-order chi connectivity index (χ0) is 18.4. The van der Waals surface area contributed by atoms with Crippen molar-refractivity contribution < 1.29 is 9.59 Å². The topological polar surface area (TPSA) is 49.4 Å². The Balaban J connectivity index is 1.47. The molecule has 0 radical (unpaired) electrons. The van der Waals surface area contributed by atoms with E-state index >= 15 is 0 Å². The molecule has 1 N–H and O–H groups in total. The van der Waals surface area contributed by atoms with Crippen molar-refractivity contribution in [3.63, 3.8) is 0 Å². The Hall–Kier alpha value is -2.62. The molecule has 0 spiro atoms. The van der Waals surface area contributed by atoms with Gasteiger partial charge >= 0.3 is 0 Å². The minimum Gasteiger partial charge on any atom is -0.341 e. The fraction of sp³-hybridized carbons (Fsp3) is 0.364. The lowest BCUT2D eigenvalue weighted by molar-refractivity contribution is -0.134. The summed E-state index contributed by atoms with van der Waals surface area (Å²) < 4.78 is 0. The zero-order valence-corrected chi connectivity index (χ0v) is 15.2. The highest BCUT2D eigenvalue weighted by Crippen LogP contribution is 2.22. The Morgan fingerprint density at radius 1 is 1.00 bits per heavy atom. The summed E-state index contributed by atoms with van der Waals surface area (Å²) in [6.07, 6.45) is 3.10. The molecular weight excluding hydrogens is 324 g/mol. The molecule has 0 bridgehead atoms. The largest absolute Gasteiger partial charge is 0.341 e. The van der Waals surface area contributed by atoms with Gasteiger partial charge in [0, 0.05) is 18.7 Å². The van der Waals surface area contributed by atoms with E-state index in [0.717, 1.165) is 32.4 Å². The van der Waals surface area contributed by atoms with Gasteiger partial charge in [-0.3, -0.25) is 9.59 Å². The van der Waals surface area contributed by atoms with Crippen LogP contribution in [0.1, 0.15) is 35.7 Å². The number of rotatable bonds is 5. The fourth-order valence-electron chi connectivity index (χ4n) is 3.51. The van der Waals surface area contributed by atoms with Crippen molar-refractivity contribution in [3.05, 3.63) is 71.8 Å². The first-order chi connectivity index (χ1) is 12.6. The monoisotopic (exact) mass is 350 g/mol. The van der Waals surface area contributed by atoms with Crippen LogP contribution in [0.25, 0.3) is 0 Å². The van der Waals surface area contributed by atoms with Gasteiger partial charge in [-0.05, 0) is 49.8 Å². The standard InChI is InChI=1S/C22H26N2O2/c1-17(23-21(25)20-10-6-3-7-11-20)22(26)24-14-12-19(13-15-24)16-18-8-4-2-5-9-18/h2-11,17,19H,12-16H2,1H3,(H,23,25)/t17-/m0/s1. The van der Waals surface area contributed by atoms with E-state index in [1.165, 1.54) is 5.56 Å². The summed E-state index contributed by atoms with van der Waals surface area (Å²) in [6.45, 7) is 3.29. The van der Waals surface area contributed by atoms with E-state index in [1.54, 1.807) is 19.1 Å². The number of nitrogens with one attached hydrogen (secondary N) is 1. The number of nitrogens with zero attached hydrogens (tertiary/aromatic N) is 1. The second kappa shape index (κ2) is 8.65. The Bertz CT molecular complexity index is 722. The van der Waals surface area contributed by atoms with Crippen LogP contribution in [0.4, 0.5) is 0 Å². The third kappa shape index (κ3) is 4.72. The number of amides is 2. The molecule has 1 heterocycles. The van der Waals surface area contributed by atoms with Crippen LogP contribution in [0.15, 0.2) is 60.7 Å². The lowest BCUT2D eigenvalue weighted by Crippen LogP contribution is -2.49. The number of piperidine rings is 1. The zero-order valence-electron chi connectivity index (χ0n) is 15.2. The van der Waals surface area contributed by atoms with Gasteiger partial charge in [0.2, 0.25) is 5.91 Å². The number of carbonyl (C=O) groups is 2. The van der Waals surface area contributed by atoms with E-state index in [2.05, 4.69) is 29.6 Å². The number of benzene rings is 2. The van der Waals surface area contributed by atoms with Gasteiger partial charge in [-0.25, -0.2) is 0 Å². The van der Waals surface area contributed by atoms with Gasteiger partial charge < -0.3 is 10.2 Å². The smallest absolute Gasteiger partial charge is 0.251 e. The number of carbonyl (C=O) groups excluding carboxylic acids is 2. The van der Waals surface area contributed by atoms with Crippen LogP contribution in [0.2, 0.25) is 0 Å². The molecule has 1 fully saturated rings. The molecule has 1 saturated heterocycles. The minimum absolute atomic E-state index is 0.00689. The van der Waals surface area contributed by atoms with E-state index in [9.17, 15) is 9.59 Å². The van der Waals surface area contributed by atoms with Crippen molar-refractivity contribution in [2.75, 3.05) is 13.1 Å². The molecule has 136 valence electrons. The van der Waals surface area contributed by atoms with Crippen LogP contribution in [0.3, 0.4) is 0 Å². The second-order valence-corrected chi connectivity index (χ2v) is 7.02. The van der Waals surface area contributed by atoms with Gasteiger partial charge in [-0.2, -0.15) is 0 Å². The molecule has 26 heavy (non-hydrogen) atoms. The van der Waals surface area contributed by atoms with Crippen LogP contribution in [0, 0.1) is 5.92 Å². The van der Waals surface area contributed by atoms with Crippen molar-refractivity contribution in [1.29, 1.82) is 0 Å². The fourth-order valence-corrected chi connectivity index (χ4v) is 3.51. The molecule has 0 saturated carbocycles. The average Bonchev–Trinajstić information content (AvgIpc) is 2.69. The van der Waals surface area contributed by atoms with Gasteiger partial charge in [-0.15, -0.1) is 0 Å². The molecule has 0 aliphatic carbocycles. The molecule has 4 nitrogen and oxygen atoms in total. The molecule has 2 aromatic rings. The van der Waals surface area contributed by atoms with Crippen molar-refractivity contribution in [3.8, 4) is 0 Å². The minimum atomic E-state index is -0.506. The van der Waals surface area contributed by atoms with Gasteiger partial charge in [0.1, 0.15) is 6.04 Å². The highest BCUT2D eigenvalue weighted by Gasteiger charge is 2.27. The average molecular weight is 350 g/mol. The lowest BCUT2D eigenvalue weighted by Gasteiger charge is -2.33. The number of likely N-dealkylation sites (tertiary alicyclic amines) is 1. The van der Waals surface area contributed by atoms with E-state index in [4.69, 9.17) is 0 Å². The number of hydrogen-bond acceptors (Lipinski definition) is 2. The SMILES string of the molecule is C[C@H](NC(=O)c1ccccc1)C(=O)N1CCC(Cc2ccccc2)CC1. The van der Waals surface area contributed by atoms with Crippen LogP contribution < -0.4 is 5.32 Å². The molecule has 1 atom stereocenters. The predicted octanol–water partition coefficient (Wildman–Crippen LogP) is 3.29. The Morgan fingerprint density at radius 3 is 2.19 bits per heavy atom. The van der Waals surface area contributed by atoms with E-state index in [1.807, 2.05) is 29.2 Å². The summed E-state index contributed by atoms with van der Waals surface area (Å²) in [5, 5.41) is 2.81. The van der Waals surface area contributed by atoms with E-state index < -0.39 is 6.04 Å². The van der Waals surface area contributed by atoms with Crippen LogP contribution >= 0.6 is 0 Å². The first-order valence-electron chi connectivity index (χ1n) is 9.32. The molecule has 2 amide bonds. The molecule has 3 rings (SSSR count). The summed E-state index contributed by atoms with van der Waals surface area (Å²) >= 11 is 0. The molecule has 4 heteroatoms. The first-order valence-corrected chi connectivity index (χ1v) is 9.32. The van der Waals surface area contributed by atoms with Gasteiger partial charge in [0.05, 0.1) is 0 Å². The normalized spacial score (nSPS) is 16.1. The van der Waals surface area contributed by atoms with Crippen molar-refractivity contribution >= 4 is 11.8 Å². The molecule has 0 unspecified atom stereocenters. The summed E-state index contributed by atoms with van der Waals surface area (Å²) in [7, 11) is 0. The summed E-state index contributed by atoms with van der Waals surface area (Å²) in [5.74, 6) is 0.425. The maximum absolute atomic E-state index is 12.6. The lowest BCUT2D eigenvalue weighted by atomic mass is 9.90. The summed E-state index contributed by atoms with van der Waals surface area (Å²) in [4.78, 5) is 26.7. The third-order valence-electron chi connectivity index (χ3n) is 5.05. The molecule has 1 aliphatic rings. The Labute approximate surface area is 155 Å². The third-order valence-corrected chi connectivity index (χ3v) is 5.05. The van der Waals surface area contributed by atoms with Crippen molar-refractivity contribution in [1.82, 2.24) is 10.2 Å². The van der Waals surface area contributed by atoms with Crippen LogP contribution in [-0.2, 0) is 11.2 Å². The maximum Gasteiger partial charge on any atom is 0.251 e. The predicted molar refractivity (Wildman–Crippen MR) is 103 cm³/mol. The van der Waals surface area contributed by atoms with Gasteiger partial charge in [0.15, 0.2) is 0 Å². The highest BCUT2D eigenvalue weighted by molar-refractivity contribution is 5.97. The number of hydrogen-bond donors (Lipinski definition) is 1. The molecular formula is C22H26N2O2. The van der Waals surface area contributed by atoms with Crippen LogP contribution in [0.5, 0.6) is 0 Å². The van der Waals surface area contributed by atoms with E-state index in [0.29, 0.717) is 11.5 Å². The van der Waals surface area contributed by atoms with Crippen LogP contribution in [-0.4, -0.2) is 35.8 Å². The summed E-state index contributed by atoms with van der Waals surface area (Å²) in [5.41, 5.74) is 1.94. The summed E-state index contributed by atoms with van der Waals surface area (Å²) in [6, 6.07) is 19.0. The quantitative estimate of drug-likeness (QED) is 0.900. The van der Waals surface area contributed by atoms with Crippen molar-refractivity contribution in [2.45, 2.75) is 32.2 Å². The molecule has 1 aliphatic heterocycles. The molecule has 0 aromatic heterocycles. The maximum atomic E-state index is 12.6. The molecule has 2 aromatic carbocycles. The van der Waals surface area contributed by atoms with Crippen molar-refractivity contribution in [2.24, 2.45) is 5.92 Å². The Kier molecular flexibility index (Phi) is 6.05. The highest BCUT2D eigenvalue weighted by atomic mass is 16.2. The van der Waals surface area contributed by atoms with E-state index in [-0.39, 0.29) is 11.8 Å². The Morgan fingerprint density at radius 2 is 1.58 bits per heavy atom. The van der Waals surface area contributed by atoms with Gasteiger partial charge in [0.25, 0.3) is 5.91 Å².